The molecule has 1 rings (SSSR count). The van der Waals surface area contributed by atoms with Crippen LogP contribution in [0.1, 0.15) is 18.1 Å². The van der Waals surface area contributed by atoms with Crippen LogP contribution >= 0.6 is 11.8 Å². The van der Waals surface area contributed by atoms with E-state index in [-0.39, 0.29) is 17.8 Å². The summed E-state index contributed by atoms with van der Waals surface area (Å²) >= 11 is 1.46. The quantitative estimate of drug-likeness (QED) is 0.811. The number of benzene rings is 1. The Morgan fingerprint density at radius 3 is 2.82 bits per heavy atom. The first kappa shape index (κ1) is 14.1. The van der Waals surface area contributed by atoms with Crippen molar-refractivity contribution in [2.75, 3.05) is 12.4 Å². The van der Waals surface area contributed by atoms with Crippen LogP contribution in [0.5, 0.6) is 0 Å². The van der Waals surface area contributed by atoms with Gasteiger partial charge >= 0.3 is 0 Å². The molecule has 1 atom stereocenters. The van der Waals surface area contributed by atoms with Gasteiger partial charge in [0, 0.05) is 11.8 Å². The van der Waals surface area contributed by atoms with Crippen molar-refractivity contribution in [3.63, 3.8) is 0 Å². The number of hydrogen-bond acceptors (Lipinski definition) is 3. The van der Waals surface area contributed by atoms with Gasteiger partial charge in [-0.05, 0) is 18.1 Å². The highest BCUT2D eigenvalue weighted by molar-refractivity contribution is 8.00. The van der Waals surface area contributed by atoms with Gasteiger partial charge in [0.1, 0.15) is 0 Å². The van der Waals surface area contributed by atoms with Gasteiger partial charge in [-0.3, -0.25) is 4.79 Å². The first-order valence-corrected chi connectivity index (χ1v) is 6.72. The molecule has 2 N–H and O–H groups in total. The molecule has 1 aromatic rings. The first-order chi connectivity index (χ1) is 8.13. The molecular formula is C13H19NO2S. The molecule has 0 aromatic heterocycles. The molecule has 0 spiro atoms. The molecule has 17 heavy (non-hydrogen) atoms. The molecule has 3 nitrogen and oxygen atoms in total. The van der Waals surface area contributed by atoms with Crippen molar-refractivity contribution in [1.29, 1.82) is 0 Å². The van der Waals surface area contributed by atoms with Crippen LogP contribution in [-0.2, 0) is 11.3 Å². The van der Waals surface area contributed by atoms with Crippen molar-refractivity contribution in [2.24, 2.45) is 0 Å². The number of carbonyl (C=O) groups is 1. The molecule has 0 aliphatic rings. The van der Waals surface area contributed by atoms with Gasteiger partial charge in [-0.25, -0.2) is 0 Å². The topological polar surface area (TPSA) is 49.3 Å². The zero-order valence-corrected chi connectivity index (χ0v) is 11.1. The van der Waals surface area contributed by atoms with E-state index in [1.807, 2.05) is 38.1 Å². The summed E-state index contributed by atoms with van der Waals surface area (Å²) in [6, 6.07) is 8.00. The molecular weight excluding hydrogens is 234 g/mol. The molecule has 0 fully saturated rings. The minimum Gasteiger partial charge on any atom is -0.395 e. The third kappa shape index (κ3) is 5.24. The number of hydrogen-bond donors (Lipinski definition) is 2. The van der Waals surface area contributed by atoms with Gasteiger partial charge < -0.3 is 10.4 Å². The Morgan fingerprint density at radius 2 is 2.18 bits per heavy atom. The van der Waals surface area contributed by atoms with Crippen LogP contribution in [-0.4, -0.2) is 28.6 Å². The molecule has 0 radical (unpaired) electrons. The van der Waals surface area contributed by atoms with Gasteiger partial charge in [0.15, 0.2) is 0 Å². The lowest BCUT2D eigenvalue weighted by molar-refractivity contribution is -0.118. The number of aliphatic hydroxyl groups excluding tert-OH is 1. The smallest absolute Gasteiger partial charge is 0.230 e. The van der Waals surface area contributed by atoms with E-state index in [4.69, 9.17) is 5.11 Å². The second-order valence-electron chi connectivity index (χ2n) is 4.01. The highest BCUT2D eigenvalue weighted by Gasteiger charge is 2.06. The van der Waals surface area contributed by atoms with Crippen LogP contribution in [0.15, 0.2) is 24.3 Å². The van der Waals surface area contributed by atoms with Gasteiger partial charge in [-0.2, -0.15) is 0 Å². The molecule has 94 valence electrons. The summed E-state index contributed by atoms with van der Waals surface area (Å²) in [5.41, 5.74) is 2.32. The van der Waals surface area contributed by atoms with Crippen molar-refractivity contribution in [1.82, 2.24) is 5.32 Å². The fourth-order valence-electron chi connectivity index (χ4n) is 1.32. The zero-order valence-electron chi connectivity index (χ0n) is 10.3. The van der Waals surface area contributed by atoms with Crippen molar-refractivity contribution in [3.05, 3.63) is 35.4 Å². The zero-order chi connectivity index (χ0) is 12.7. The molecule has 0 aliphatic carbocycles. The summed E-state index contributed by atoms with van der Waals surface area (Å²) in [6.07, 6.45) is 0. The maximum absolute atomic E-state index is 11.5. The van der Waals surface area contributed by atoms with Crippen LogP contribution < -0.4 is 5.32 Å². The average Bonchev–Trinajstić information content (AvgIpc) is 2.35. The molecule has 1 aromatic carbocycles. The summed E-state index contributed by atoms with van der Waals surface area (Å²) in [6.45, 7) is 4.61. The van der Waals surface area contributed by atoms with E-state index in [1.165, 1.54) is 17.3 Å². The average molecular weight is 253 g/mol. The molecule has 0 aliphatic heterocycles. The Bertz CT molecular complexity index is 368. The predicted molar refractivity (Wildman–Crippen MR) is 72.0 cm³/mol. The highest BCUT2D eigenvalue weighted by atomic mass is 32.2. The SMILES string of the molecule is Cc1ccccc1CNC(=O)CS[C@@H](C)CO. The van der Waals surface area contributed by atoms with E-state index >= 15 is 0 Å². The van der Waals surface area contributed by atoms with Crippen LogP contribution in [0.2, 0.25) is 0 Å². The Hall–Kier alpha value is -1.000. The summed E-state index contributed by atoms with van der Waals surface area (Å²) in [4.78, 5) is 11.5. The molecule has 0 saturated heterocycles. The lowest BCUT2D eigenvalue weighted by atomic mass is 10.1. The summed E-state index contributed by atoms with van der Waals surface area (Å²) in [5.74, 6) is 0.409. The first-order valence-electron chi connectivity index (χ1n) is 5.67. The number of aliphatic hydroxyl groups is 1. The molecule has 0 saturated carbocycles. The fraction of sp³-hybridized carbons (Fsp3) is 0.462. The maximum atomic E-state index is 11.5. The monoisotopic (exact) mass is 253 g/mol. The fourth-order valence-corrected chi connectivity index (χ4v) is 1.97. The Balaban J connectivity index is 2.31. The van der Waals surface area contributed by atoms with E-state index < -0.39 is 0 Å². The number of thioether (sulfide) groups is 1. The number of nitrogens with one attached hydrogen (secondary N) is 1. The predicted octanol–water partition coefficient (Wildman–Crippen LogP) is 1.73. The summed E-state index contributed by atoms with van der Waals surface area (Å²) in [7, 11) is 0. The van der Waals surface area contributed by atoms with Gasteiger partial charge in [0.25, 0.3) is 0 Å². The number of rotatable bonds is 6. The van der Waals surface area contributed by atoms with Gasteiger partial charge in [-0.1, -0.05) is 31.2 Å². The third-order valence-corrected chi connectivity index (χ3v) is 3.64. The van der Waals surface area contributed by atoms with E-state index in [9.17, 15) is 4.79 Å². The standard InChI is InChI=1S/C13H19NO2S/c1-10-5-3-4-6-12(10)7-14-13(16)9-17-11(2)8-15/h3-6,11,15H,7-9H2,1-2H3,(H,14,16)/t11-/m0/s1. The van der Waals surface area contributed by atoms with E-state index in [0.717, 1.165) is 5.56 Å². The molecule has 0 bridgehead atoms. The normalized spacial score (nSPS) is 12.2. The molecule has 0 heterocycles. The van der Waals surface area contributed by atoms with Crippen LogP contribution in [0.3, 0.4) is 0 Å². The van der Waals surface area contributed by atoms with E-state index in [0.29, 0.717) is 12.3 Å². The molecule has 1 amide bonds. The van der Waals surface area contributed by atoms with Crippen LogP contribution in [0, 0.1) is 6.92 Å². The van der Waals surface area contributed by atoms with Crippen LogP contribution in [0.4, 0.5) is 0 Å². The minimum absolute atomic E-state index is 0.0125. The Labute approximate surface area is 107 Å². The maximum Gasteiger partial charge on any atom is 0.230 e. The summed E-state index contributed by atoms with van der Waals surface area (Å²) < 4.78 is 0. The third-order valence-electron chi connectivity index (χ3n) is 2.49. The van der Waals surface area contributed by atoms with Crippen molar-refractivity contribution >= 4 is 17.7 Å². The largest absolute Gasteiger partial charge is 0.395 e. The Kier molecular flexibility index (Phi) is 6.08. The van der Waals surface area contributed by atoms with E-state index in [2.05, 4.69) is 5.32 Å². The summed E-state index contributed by atoms with van der Waals surface area (Å²) in [5, 5.41) is 11.8. The number of aryl methyl sites for hydroxylation is 1. The molecule has 0 unspecified atom stereocenters. The lowest BCUT2D eigenvalue weighted by Crippen LogP contribution is -2.26. The van der Waals surface area contributed by atoms with Gasteiger partial charge in [-0.15, -0.1) is 11.8 Å². The van der Waals surface area contributed by atoms with Gasteiger partial charge in [0.05, 0.1) is 12.4 Å². The second kappa shape index (κ2) is 7.35. The van der Waals surface area contributed by atoms with E-state index in [1.54, 1.807) is 0 Å². The number of amides is 1. The highest BCUT2D eigenvalue weighted by Crippen LogP contribution is 2.09. The number of carbonyl (C=O) groups excluding carboxylic acids is 1. The molecule has 4 heteroatoms. The van der Waals surface area contributed by atoms with Gasteiger partial charge in [0.2, 0.25) is 5.91 Å². The van der Waals surface area contributed by atoms with Crippen LogP contribution in [0.25, 0.3) is 0 Å². The lowest BCUT2D eigenvalue weighted by Gasteiger charge is -2.09. The van der Waals surface area contributed by atoms with Crippen molar-refractivity contribution < 1.29 is 9.90 Å². The van der Waals surface area contributed by atoms with Crippen molar-refractivity contribution in [3.8, 4) is 0 Å². The second-order valence-corrected chi connectivity index (χ2v) is 5.43. The van der Waals surface area contributed by atoms with Crippen molar-refractivity contribution in [2.45, 2.75) is 25.6 Å². The Morgan fingerprint density at radius 1 is 1.47 bits per heavy atom. The minimum atomic E-state index is 0.0125.